The van der Waals surface area contributed by atoms with E-state index in [4.69, 9.17) is 0 Å². The minimum atomic E-state index is -2.63. The Labute approximate surface area is 496 Å². The van der Waals surface area contributed by atoms with E-state index in [1.807, 2.05) is 0 Å². The molecule has 9 heterocycles. The number of thiophene rings is 2. The molecule has 3 N–H and O–H groups in total. The van der Waals surface area contributed by atoms with Crippen LogP contribution in [-0.2, 0) is 0 Å². The number of aliphatic imine (C=N–C) groups is 3. The van der Waals surface area contributed by atoms with E-state index in [0.29, 0.717) is 0 Å². The maximum absolute atomic E-state index is 16.4. The molecule has 90 heavy (non-hydrogen) atoms. The molecule has 8 aromatic rings. The maximum Gasteiger partial charge on any atom is 0.200 e. The molecule has 452 valence electrons. The number of fused-ring (bicyclic) bond motifs is 9. The molecule has 0 saturated heterocycles. The van der Waals surface area contributed by atoms with Gasteiger partial charge >= 0.3 is 0 Å². The summed E-state index contributed by atoms with van der Waals surface area (Å²) in [5.74, 6) is -50.1. The molecule has 4 aromatic heterocycles. The van der Waals surface area contributed by atoms with Gasteiger partial charge in [0.2, 0.25) is 23.3 Å². The number of benzene rings is 4. The van der Waals surface area contributed by atoms with Crippen LogP contribution in [-0.4, -0.2) is 33.1 Å². The quantitative estimate of drug-likeness (QED) is 0.0865. The highest BCUT2D eigenvalue weighted by molar-refractivity contribution is 7.08. The van der Waals surface area contributed by atoms with Gasteiger partial charge in [0.25, 0.3) is 0 Å². The number of allylic oxidation sites excluding steroid dienone is 8. The molecule has 4 aromatic carbocycles. The predicted molar refractivity (Wildman–Crippen MR) is 291 cm³/mol. The normalized spacial score (nSPS) is 20.8. The second-order valence-corrected chi connectivity index (χ2v) is 21.3. The highest BCUT2D eigenvalue weighted by Gasteiger charge is 2.39. The number of rotatable bonds is 6. The van der Waals surface area contributed by atoms with Gasteiger partial charge in [0.1, 0.15) is 0 Å². The van der Waals surface area contributed by atoms with Crippen molar-refractivity contribution in [2.24, 2.45) is 15.0 Å². The predicted octanol–water partition coefficient (Wildman–Crippen LogP) is 15.3. The van der Waals surface area contributed by atoms with Gasteiger partial charge in [-0.15, -0.1) is 0 Å². The van der Waals surface area contributed by atoms with Gasteiger partial charge in [0.05, 0.1) is 62.5 Å². The molecule has 1 atom stereocenters. The molecule has 5 aliphatic rings. The SMILES string of the molecule is Fc1c(F)c(F)c(/C2=C3\C=CC(=N3)/C(c3ccsc3)=c3\cc/c([nH]3)=C(/c3c(F)c(F)c(F)c(F)c3F)C3=N/C(=C(/c4c(F)c(F)c(F)c(F)c4F)C4C=C/C(=C(\c5ccsc5)c5ccc([nH]5)/C(c5c(F)c(F)c(F)c(F)c5F)=C5/C=CC2=N5)N4)C=C3)c(F)c1F. The van der Waals surface area contributed by atoms with Gasteiger partial charge < -0.3 is 15.3 Å². The van der Waals surface area contributed by atoms with E-state index in [0.717, 1.165) is 89.5 Å². The van der Waals surface area contributed by atoms with Gasteiger partial charge in [0.15, 0.2) is 93.1 Å². The smallest absolute Gasteiger partial charge is 0.200 e. The Morgan fingerprint density at radius 1 is 0.311 bits per heavy atom. The Hall–Kier alpha value is -10.1. The van der Waals surface area contributed by atoms with Crippen LogP contribution in [0.3, 0.4) is 0 Å². The summed E-state index contributed by atoms with van der Waals surface area (Å²) < 4.78 is 313. The summed E-state index contributed by atoms with van der Waals surface area (Å²) in [6.07, 6.45) is 7.61. The van der Waals surface area contributed by atoms with E-state index in [1.165, 1.54) is 39.7 Å². The fourth-order valence-electron chi connectivity index (χ4n) is 10.7. The van der Waals surface area contributed by atoms with E-state index >= 15 is 70.2 Å². The molecule has 1 unspecified atom stereocenters. The first-order valence-corrected chi connectivity index (χ1v) is 27.4. The number of hydrogen-bond acceptors (Lipinski definition) is 6. The zero-order valence-electron chi connectivity index (χ0n) is 43.7. The lowest BCUT2D eigenvalue weighted by molar-refractivity contribution is 0.376. The van der Waals surface area contributed by atoms with Gasteiger partial charge in [-0.25, -0.2) is 103 Å². The number of aromatic amines is 2. The standard InChI is InChI=1S/C62H22F20N6S2/c63-43-39(44(64)52(72)59(79)51(43)71)35-25-5-1-21(83-25)33(19-13-15-89-17-19)22-2-6-26(84-22)36(40-45(65)53(73)60(80)54(74)46(40)66)31-11-12-32(88-31)38(42-49(69)57(77)62(82)58(78)50(42)70)28-8-4-24(86-28)34(20-14-16-90-18-20)23-3-7-27(85-23)37(30-10-9-29(35)87-30)41-47(67)55(75)61(81)56(76)48(41)68/h1-18,25,83-85H/b33-21-,34-23+,35-29+,36-31+,37-27-,38-28+. The van der Waals surface area contributed by atoms with Crippen molar-refractivity contribution in [1.82, 2.24) is 15.3 Å². The minimum Gasteiger partial charge on any atom is -0.374 e. The van der Waals surface area contributed by atoms with Gasteiger partial charge in [-0.3, -0.25) is 0 Å². The highest BCUT2D eigenvalue weighted by Crippen LogP contribution is 2.44. The maximum atomic E-state index is 16.4. The summed E-state index contributed by atoms with van der Waals surface area (Å²) in [6, 6.07) is 5.37. The molecular formula is C62H22F20N6S2. The second-order valence-electron chi connectivity index (χ2n) is 19.7. The number of halogens is 20. The van der Waals surface area contributed by atoms with Crippen LogP contribution in [0.5, 0.6) is 0 Å². The molecule has 6 nitrogen and oxygen atoms in total. The highest BCUT2D eigenvalue weighted by atomic mass is 32.1. The van der Waals surface area contributed by atoms with Gasteiger partial charge in [-0.05, 0) is 112 Å². The van der Waals surface area contributed by atoms with Gasteiger partial charge in [0, 0.05) is 61.2 Å². The van der Waals surface area contributed by atoms with E-state index in [1.54, 1.807) is 0 Å². The van der Waals surface area contributed by atoms with Crippen molar-refractivity contribution in [3.8, 4) is 0 Å². The largest absolute Gasteiger partial charge is 0.374 e. The Morgan fingerprint density at radius 2 is 0.667 bits per heavy atom. The first-order valence-electron chi connectivity index (χ1n) is 25.5. The van der Waals surface area contributed by atoms with Crippen molar-refractivity contribution >= 4 is 73.2 Å². The van der Waals surface area contributed by atoms with Crippen LogP contribution in [0, 0.1) is 116 Å². The van der Waals surface area contributed by atoms with Crippen molar-refractivity contribution in [2.45, 2.75) is 6.04 Å². The molecule has 0 aliphatic carbocycles. The van der Waals surface area contributed by atoms with Crippen molar-refractivity contribution in [3.63, 3.8) is 0 Å². The Morgan fingerprint density at radius 3 is 1.13 bits per heavy atom. The van der Waals surface area contributed by atoms with E-state index in [9.17, 15) is 17.6 Å². The first-order chi connectivity index (χ1) is 43.0. The second kappa shape index (κ2) is 21.9. The summed E-state index contributed by atoms with van der Waals surface area (Å²) >= 11 is 2.07. The number of nitrogens with one attached hydrogen (secondary N) is 3. The van der Waals surface area contributed by atoms with Crippen molar-refractivity contribution in [3.05, 3.63) is 301 Å². The summed E-state index contributed by atoms with van der Waals surface area (Å²) in [5, 5.41) is 7.98. The van der Waals surface area contributed by atoms with Crippen LogP contribution in [0.25, 0.3) is 33.4 Å². The summed E-state index contributed by atoms with van der Waals surface area (Å²) in [4.78, 5) is 18.6. The Balaban J connectivity index is 1.19. The van der Waals surface area contributed by atoms with Gasteiger partial charge in [-0.1, -0.05) is 6.08 Å². The number of hydrogen-bond donors (Lipinski definition) is 3. The van der Waals surface area contributed by atoms with E-state index < -0.39 is 206 Å². The molecular weight excluding hydrogens is 1270 g/mol. The Kier molecular flexibility index (Phi) is 14.3. The fourth-order valence-corrected chi connectivity index (χ4v) is 12.0. The molecule has 5 aliphatic heterocycles. The minimum absolute atomic E-state index is 0.0559. The van der Waals surface area contributed by atoms with Crippen LogP contribution in [0.15, 0.2) is 144 Å². The lowest BCUT2D eigenvalue weighted by Gasteiger charge is -2.21. The van der Waals surface area contributed by atoms with Crippen LogP contribution in [0.4, 0.5) is 87.8 Å². The van der Waals surface area contributed by atoms with Crippen LogP contribution in [0.1, 0.15) is 44.8 Å². The average Bonchev–Trinajstić information content (AvgIpc) is 1.37. The number of H-pyrrole nitrogens is 2. The van der Waals surface area contributed by atoms with Crippen LogP contribution >= 0.6 is 22.7 Å². The molecule has 13 rings (SSSR count). The molecule has 0 spiro atoms. The number of aromatic nitrogens is 2. The molecule has 0 radical (unpaired) electrons. The van der Waals surface area contributed by atoms with E-state index in [2.05, 4.69) is 30.3 Å². The molecule has 12 bridgehead atoms. The Bertz CT molecular complexity index is 4970. The third kappa shape index (κ3) is 9.03. The third-order valence-corrected chi connectivity index (χ3v) is 16.1. The van der Waals surface area contributed by atoms with Gasteiger partial charge in [-0.2, -0.15) is 22.7 Å². The zero-order chi connectivity index (χ0) is 63.8. The zero-order valence-corrected chi connectivity index (χ0v) is 45.3. The molecule has 0 amide bonds. The van der Waals surface area contributed by atoms with E-state index in [-0.39, 0.29) is 44.7 Å². The molecule has 0 saturated carbocycles. The molecule has 28 heteroatoms. The average molecular weight is 1290 g/mol. The summed E-state index contributed by atoms with van der Waals surface area (Å²) in [5.41, 5.74) is -15.8. The topological polar surface area (TPSA) is 80.7 Å². The molecule has 0 fully saturated rings. The third-order valence-electron chi connectivity index (χ3n) is 14.8. The lowest BCUT2D eigenvalue weighted by Crippen LogP contribution is -2.26. The van der Waals surface area contributed by atoms with Crippen molar-refractivity contribution in [1.29, 1.82) is 0 Å². The van der Waals surface area contributed by atoms with Crippen LogP contribution < -0.4 is 16.0 Å². The van der Waals surface area contributed by atoms with Crippen molar-refractivity contribution < 1.29 is 87.8 Å². The monoisotopic (exact) mass is 1290 g/mol. The summed E-state index contributed by atoms with van der Waals surface area (Å²) in [6.45, 7) is 0. The lowest BCUT2D eigenvalue weighted by atomic mass is 9.95. The first kappa shape index (κ1) is 58.9. The number of nitrogens with zero attached hydrogens (tertiary/aromatic N) is 3. The van der Waals surface area contributed by atoms with Crippen LogP contribution in [0.2, 0.25) is 0 Å². The summed E-state index contributed by atoms with van der Waals surface area (Å²) in [7, 11) is 0. The fraction of sp³-hybridized carbons (Fsp3) is 0.0161. The van der Waals surface area contributed by atoms with Crippen molar-refractivity contribution in [2.75, 3.05) is 0 Å².